The van der Waals surface area contributed by atoms with Gasteiger partial charge in [0.2, 0.25) is 5.91 Å². The minimum atomic E-state index is 0.310. The van der Waals surface area contributed by atoms with Gasteiger partial charge in [-0.3, -0.25) is 4.79 Å². The first-order chi connectivity index (χ1) is 5.86. The number of β-lactam (4-membered cyclic amide) rings is 1. The van der Waals surface area contributed by atoms with Crippen LogP contribution in [-0.4, -0.2) is 11.9 Å². The molecule has 12 heavy (non-hydrogen) atoms. The summed E-state index contributed by atoms with van der Waals surface area (Å²) < 4.78 is 0. The Kier molecular flexibility index (Phi) is 0.713. The molecular formula is C10H11NO. The second kappa shape index (κ2) is 1.48. The van der Waals surface area contributed by atoms with E-state index >= 15 is 0 Å². The van der Waals surface area contributed by atoms with E-state index in [9.17, 15) is 4.79 Å². The molecule has 0 aromatic heterocycles. The standard InChI is InChI=1S/C10H11NO/c12-10-8-4-1-2-5(9(8)11-10)7-3-6(4)7/h1-2,4-9H,3H2,(H,11,12)/t4-,5-,6-,7+,8-,9+/m0/s1. The van der Waals surface area contributed by atoms with Crippen LogP contribution < -0.4 is 5.32 Å². The van der Waals surface area contributed by atoms with Gasteiger partial charge in [0.1, 0.15) is 0 Å². The molecule has 0 unspecified atom stereocenters. The summed E-state index contributed by atoms with van der Waals surface area (Å²) >= 11 is 0. The van der Waals surface area contributed by atoms with Crippen molar-refractivity contribution in [1.82, 2.24) is 5.32 Å². The maximum atomic E-state index is 11.3. The average Bonchev–Trinajstić information content (AvgIpc) is 2.81. The van der Waals surface area contributed by atoms with Gasteiger partial charge in [-0.25, -0.2) is 0 Å². The lowest BCUT2D eigenvalue weighted by Crippen LogP contribution is -2.67. The van der Waals surface area contributed by atoms with Crippen LogP contribution in [0.15, 0.2) is 12.2 Å². The number of carbonyl (C=O) groups excluding carboxylic acids is 1. The van der Waals surface area contributed by atoms with E-state index in [1.807, 2.05) is 0 Å². The minimum Gasteiger partial charge on any atom is -0.352 e. The van der Waals surface area contributed by atoms with Crippen molar-refractivity contribution < 1.29 is 4.79 Å². The van der Waals surface area contributed by atoms with Crippen LogP contribution in [0.25, 0.3) is 0 Å². The summed E-state index contributed by atoms with van der Waals surface area (Å²) in [5.41, 5.74) is 0. The van der Waals surface area contributed by atoms with E-state index in [4.69, 9.17) is 0 Å². The van der Waals surface area contributed by atoms with Crippen LogP contribution in [0, 0.1) is 29.6 Å². The van der Waals surface area contributed by atoms with E-state index in [0.29, 0.717) is 29.7 Å². The molecular weight excluding hydrogens is 150 g/mol. The highest BCUT2D eigenvalue weighted by Crippen LogP contribution is 2.63. The summed E-state index contributed by atoms with van der Waals surface area (Å²) in [4.78, 5) is 11.3. The first kappa shape index (κ1) is 5.79. The zero-order valence-electron chi connectivity index (χ0n) is 6.73. The van der Waals surface area contributed by atoms with Gasteiger partial charge in [0, 0.05) is 12.0 Å². The van der Waals surface area contributed by atoms with Crippen LogP contribution in [0.2, 0.25) is 0 Å². The van der Waals surface area contributed by atoms with Crippen LogP contribution in [0.3, 0.4) is 0 Å². The van der Waals surface area contributed by atoms with Crippen LogP contribution >= 0.6 is 0 Å². The molecule has 5 rings (SSSR count). The second-order valence-corrected chi connectivity index (χ2v) is 4.66. The van der Waals surface area contributed by atoms with Crippen LogP contribution in [0.4, 0.5) is 0 Å². The molecule has 2 nitrogen and oxygen atoms in total. The molecule has 1 heterocycles. The molecule has 0 radical (unpaired) electrons. The van der Waals surface area contributed by atoms with Gasteiger partial charge in [-0.15, -0.1) is 0 Å². The smallest absolute Gasteiger partial charge is 0.226 e. The Balaban J connectivity index is 1.85. The molecule has 1 amide bonds. The van der Waals surface area contributed by atoms with Gasteiger partial charge < -0.3 is 5.32 Å². The normalized spacial score (nSPS) is 63.2. The third-order valence-electron chi connectivity index (χ3n) is 4.26. The van der Waals surface area contributed by atoms with E-state index in [1.165, 1.54) is 6.42 Å². The molecule has 2 heteroatoms. The van der Waals surface area contributed by atoms with Gasteiger partial charge in [-0.2, -0.15) is 0 Å². The number of allylic oxidation sites excluding steroid dienone is 1. The molecule has 2 saturated carbocycles. The minimum absolute atomic E-state index is 0.310. The number of carbonyl (C=O) groups is 1. The fourth-order valence-corrected chi connectivity index (χ4v) is 3.60. The molecule has 5 aliphatic rings. The maximum absolute atomic E-state index is 11.3. The van der Waals surface area contributed by atoms with Crippen molar-refractivity contribution >= 4 is 5.91 Å². The lowest BCUT2D eigenvalue weighted by molar-refractivity contribution is -0.142. The largest absolute Gasteiger partial charge is 0.352 e. The van der Waals surface area contributed by atoms with E-state index < -0.39 is 0 Å². The SMILES string of the molecule is O=C1N[C@@H]2[C@H]3C=C[C@@H]([C@@H]4C[C@H]34)[C@H]12. The van der Waals surface area contributed by atoms with Crippen LogP contribution in [0.5, 0.6) is 0 Å². The van der Waals surface area contributed by atoms with Crippen molar-refractivity contribution in [2.24, 2.45) is 29.6 Å². The first-order valence-corrected chi connectivity index (χ1v) is 4.85. The van der Waals surface area contributed by atoms with Crippen LogP contribution in [-0.2, 0) is 4.79 Å². The van der Waals surface area contributed by atoms with Gasteiger partial charge in [0.05, 0.1) is 5.92 Å². The highest BCUT2D eigenvalue weighted by molar-refractivity contribution is 5.87. The zero-order chi connectivity index (χ0) is 7.87. The highest BCUT2D eigenvalue weighted by Gasteiger charge is 2.64. The van der Waals surface area contributed by atoms with E-state index in [1.54, 1.807) is 0 Å². The van der Waals surface area contributed by atoms with Crippen molar-refractivity contribution in [3.8, 4) is 0 Å². The Morgan fingerprint density at radius 3 is 2.83 bits per heavy atom. The lowest BCUT2D eigenvalue weighted by atomic mass is 9.62. The predicted molar refractivity (Wildman–Crippen MR) is 43.1 cm³/mol. The summed E-state index contributed by atoms with van der Waals surface area (Å²) in [7, 11) is 0. The number of hydrogen-bond donors (Lipinski definition) is 1. The molecule has 1 N–H and O–H groups in total. The molecule has 2 bridgehead atoms. The van der Waals surface area contributed by atoms with Gasteiger partial charge in [-0.05, 0) is 24.2 Å². The molecule has 0 spiro atoms. The molecule has 6 atom stereocenters. The third-order valence-corrected chi connectivity index (χ3v) is 4.26. The Bertz CT molecular complexity index is 309. The van der Waals surface area contributed by atoms with Crippen molar-refractivity contribution in [3.63, 3.8) is 0 Å². The molecule has 0 aromatic carbocycles. The topological polar surface area (TPSA) is 29.1 Å². The molecule has 62 valence electrons. The summed E-state index contributed by atoms with van der Waals surface area (Å²) in [5.74, 6) is 3.80. The van der Waals surface area contributed by atoms with Crippen molar-refractivity contribution in [2.45, 2.75) is 12.5 Å². The average molecular weight is 161 g/mol. The van der Waals surface area contributed by atoms with E-state index in [2.05, 4.69) is 17.5 Å². The number of rotatable bonds is 0. The Morgan fingerprint density at radius 1 is 1.25 bits per heavy atom. The summed E-state index contributed by atoms with van der Waals surface area (Å²) in [5, 5.41) is 3.04. The van der Waals surface area contributed by atoms with Crippen molar-refractivity contribution in [2.75, 3.05) is 0 Å². The van der Waals surface area contributed by atoms with Gasteiger partial charge >= 0.3 is 0 Å². The van der Waals surface area contributed by atoms with Crippen LogP contribution in [0.1, 0.15) is 6.42 Å². The first-order valence-electron chi connectivity index (χ1n) is 4.85. The number of hydrogen-bond acceptors (Lipinski definition) is 1. The predicted octanol–water partition coefficient (Wildman–Crippen LogP) is 0.553. The van der Waals surface area contributed by atoms with Crippen molar-refractivity contribution in [1.29, 1.82) is 0 Å². The van der Waals surface area contributed by atoms with E-state index in [-0.39, 0.29) is 0 Å². The molecule has 1 saturated heterocycles. The maximum Gasteiger partial charge on any atom is 0.226 e. The summed E-state index contributed by atoms with van der Waals surface area (Å²) in [6.45, 7) is 0. The fraction of sp³-hybridized carbons (Fsp3) is 0.700. The van der Waals surface area contributed by atoms with E-state index in [0.717, 1.165) is 11.8 Å². The number of nitrogens with one attached hydrogen (secondary N) is 1. The highest BCUT2D eigenvalue weighted by atomic mass is 16.2. The monoisotopic (exact) mass is 161 g/mol. The number of amides is 1. The fourth-order valence-electron chi connectivity index (χ4n) is 3.60. The third kappa shape index (κ3) is 0.425. The zero-order valence-corrected chi connectivity index (χ0v) is 6.73. The Labute approximate surface area is 71.0 Å². The quantitative estimate of drug-likeness (QED) is 0.408. The summed E-state index contributed by atoms with van der Waals surface area (Å²) in [6, 6.07) is 0.524. The summed E-state index contributed by atoms with van der Waals surface area (Å²) in [6.07, 6.45) is 6.03. The Hall–Kier alpha value is -0.790. The lowest BCUT2D eigenvalue weighted by Gasteiger charge is -2.50. The van der Waals surface area contributed by atoms with Gasteiger partial charge in [0.15, 0.2) is 0 Å². The van der Waals surface area contributed by atoms with Gasteiger partial charge in [-0.1, -0.05) is 12.2 Å². The molecule has 3 fully saturated rings. The Morgan fingerprint density at radius 2 is 2.00 bits per heavy atom. The molecule has 4 aliphatic carbocycles. The van der Waals surface area contributed by atoms with Crippen molar-refractivity contribution in [3.05, 3.63) is 12.2 Å². The molecule has 0 aromatic rings. The van der Waals surface area contributed by atoms with Gasteiger partial charge in [0.25, 0.3) is 0 Å². The second-order valence-electron chi connectivity index (χ2n) is 4.66. The molecule has 1 aliphatic heterocycles.